The maximum absolute atomic E-state index is 12.6. The second kappa shape index (κ2) is 9.02. The van der Waals surface area contributed by atoms with E-state index in [0.717, 1.165) is 0 Å². The van der Waals surface area contributed by atoms with Crippen molar-refractivity contribution in [2.24, 2.45) is 0 Å². The van der Waals surface area contributed by atoms with E-state index in [4.69, 9.17) is 8.94 Å². The van der Waals surface area contributed by atoms with Crippen LogP contribution in [-0.4, -0.2) is 28.7 Å². The molecule has 0 aromatic carbocycles. The molecule has 11 heteroatoms. The first-order valence-electron chi connectivity index (χ1n) is 6.06. The van der Waals surface area contributed by atoms with Crippen molar-refractivity contribution in [3.63, 3.8) is 0 Å². The van der Waals surface area contributed by atoms with Crippen LogP contribution in [0.1, 0.15) is 18.8 Å². The van der Waals surface area contributed by atoms with Gasteiger partial charge in [0, 0.05) is 23.7 Å². The van der Waals surface area contributed by atoms with Crippen LogP contribution >= 0.6 is 39.5 Å². The molecule has 21 heavy (non-hydrogen) atoms. The van der Waals surface area contributed by atoms with Crippen LogP contribution in [0.25, 0.3) is 0 Å². The van der Waals surface area contributed by atoms with Crippen molar-refractivity contribution in [2.45, 2.75) is 13.0 Å². The molecule has 0 aliphatic heterocycles. The monoisotopic (exact) mass is 447 g/mol. The van der Waals surface area contributed by atoms with Gasteiger partial charge < -0.3 is 4.42 Å². The summed E-state index contributed by atoms with van der Waals surface area (Å²) in [5, 5.41) is 17.4. The summed E-state index contributed by atoms with van der Waals surface area (Å²) in [6.07, 6.45) is -0.699. The number of alkyl halides is 2. The highest BCUT2D eigenvalue weighted by atomic mass is 79.9. The van der Waals surface area contributed by atoms with Crippen molar-refractivity contribution >= 4 is 45.4 Å². The first-order chi connectivity index (χ1) is 9.91. The van der Waals surface area contributed by atoms with Gasteiger partial charge in [0.15, 0.2) is 0 Å². The van der Waals surface area contributed by atoms with Gasteiger partial charge in [-0.1, -0.05) is 31.9 Å². The zero-order chi connectivity index (χ0) is 15.9. The minimum absolute atomic E-state index is 0.239. The average Bonchev–Trinajstić information content (AvgIpc) is 2.93. The molecule has 0 saturated carbocycles. The van der Waals surface area contributed by atoms with E-state index in [-0.39, 0.29) is 11.6 Å². The van der Waals surface area contributed by atoms with Gasteiger partial charge in [-0.05, 0) is 13.0 Å². The third kappa shape index (κ3) is 6.17. The molecule has 8 nitrogen and oxygen atoms in total. The maximum atomic E-state index is 12.6. The summed E-state index contributed by atoms with van der Waals surface area (Å²) >= 11 is 6.46. The van der Waals surface area contributed by atoms with Crippen LogP contribution in [-0.2, 0) is 9.09 Å². The first kappa shape index (κ1) is 18.8. The number of nitrogens with one attached hydrogen (secondary N) is 2. The van der Waals surface area contributed by atoms with Gasteiger partial charge in [-0.2, -0.15) is 0 Å². The van der Waals surface area contributed by atoms with Crippen molar-refractivity contribution in [1.29, 1.82) is 0 Å². The fourth-order valence-corrected chi connectivity index (χ4v) is 4.07. The number of halogens is 2. The molecule has 0 amide bonds. The molecule has 0 aliphatic carbocycles. The molecule has 2 N–H and O–H groups in total. The molecule has 1 heterocycles. The van der Waals surface area contributed by atoms with Gasteiger partial charge in [0.05, 0.1) is 6.07 Å². The second-order valence-corrected chi connectivity index (χ2v) is 7.46. The zero-order valence-electron chi connectivity index (χ0n) is 11.3. The number of rotatable bonds is 10. The Bertz CT molecular complexity index is 501. The minimum atomic E-state index is -3.28. The lowest BCUT2D eigenvalue weighted by molar-refractivity contribution is -0.402. The molecule has 0 aliphatic rings. The smallest absolute Gasteiger partial charge is 0.403 e. The lowest BCUT2D eigenvalue weighted by Gasteiger charge is -2.22. The quantitative estimate of drug-likeness (QED) is 0.244. The summed E-state index contributed by atoms with van der Waals surface area (Å²) in [7, 11) is -3.28. The molecule has 0 saturated heterocycles. The second-order valence-electron chi connectivity index (χ2n) is 3.93. The molecule has 1 atom stereocenters. The lowest BCUT2D eigenvalue weighted by atomic mass is 10.3. The highest BCUT2D eigenvalue weighted by molar-refractivity contribution is 9.09. The Morgan fingerprint density at radius 1 is 1.38 bits per heavy atom. The van der Waals surface area contributed by atoms with Crippen LogP contribution in [0.15, 0.2) is 16.5 Å². The Kier molecular flexibility index (Phi) is 8.07. The standard InChI is InChI=1S/C10H16Br2N3O5P/c1-8(9-2-3-10(19-9)15(16)17)20-21(18,13-6-4-11)14-7-5-12/h2-3,8H,4-7H2,1H3,(H2,13,14,18). The molecule has 1 aromatic heterocycles. The van der Waals surface area contributed by atoms with E-state index < -0.39 is 18.7 Å². The van der Waals surface area contributed by atoms with Crippen molar-refractivity contribution in [3.8, 4) is 0 Å². The van der Waals surface area contributed by atoms with E-state index >= 15 is 0 Å². The summed E-state index contributed by atoms with van der Waals surface area (Å²) in [5.41, 5.74) is 0. The van der Waals surface area contributed by atoms with Gasteiger partial charge in [-0.3, -0.25) is 19.2 Å². The fraction of sp³-hybridized carbons (Fsp3) is 0.600. The average molecular weight is 449 g/mol. The molecule has 1 rings (SSSR count). The zero-order valence-corrected chi connectivity index (χ0v) is 15.3. The van der Waals surface area contributed by atoms with Crippen LogP contribution < -0.4 is 10.2 Å². The van der Waals surface area contributed by atoms with Crippen molar-refractivity contribution in [2.75, 3.05) is 23.7 Å². The molecule has 1 aromatic rings. The molecule has 120 valence electrons. The Morgan fingerprint density at radius 2 is 1.95 bits per heavy atom. The third-order valence-corrected chi connectivity index (χ3v) is 5.01. The van der Waals surface area contributed by atoms with E-state index in [0.29, 0.717) is 23.7 Å². The number of hydrogen-bond donors (Lipinski definition) is 2. The van der Waals surface area contributed by atoms with Gasteiger partial charge in [0.2, 0.25) is 0 Å². The highest BCUT2D eigenvalue weighted by Gasteiger charge is 2.27. The van der Waals surface area contributed by atoms with E-state index in [2.05, 4.69) is 42.0 Å². The van der Waals surface area contributed by atoms with Crippen LogP contribution in [0, 0.1) is 10.1 Å². The number of nitro groups is 1. The Hall–Kier alpha value is -0.250. The van der Waals surface area contributed by atoms with Gasteiger partial charge in [-0.25, -0.2) is 10.2 Å². The number of hydrogen-bond acceptors (Lipinski definition) is 5. The Balaban J connectivity index is 2.75. The summed E-state index contributed by atoms with van der Waals surface area (Å²) in [5.74, 6) is -0.139. The Labute approximate surface area is 139 Å². The molecule has 0 radical (unpaired) electrons. The minimum Gasteiger partial charge on any atom is -0.403 e. The van der Waals surface area contributed by atoms with Crippen LogP contribution in [0.4, 0.5) is 5.88 Å². The van der Waals surface area contributed by atoms with Crippen molar-refractivity contribution in [1.82, 2.24) is 10.2 Å². The Morgan fingerprint density at radius 3 is 2.38 bits per heavy atom. The molecule has 0 fully saturated rings. The van der Waals surface area contributed by atoms with E-state index in [1.807, 2.05) is 0 Å². The molecule has 0 spiro atoms. The molecule has 1 unspecified atom stereocenters. The predicted octanol–water partition coefficient (Wildman–Crippen LogP) is 3.34. The van der Waals surface area contributed by atoms with Gasteiger partial charge in [0.1, 0.15) is 16.8 Å². The van der Waals surface area contributed by atoms with Gasteiger partial charge in [0.25, 0.3) is 0 Å². The molecule has 0 bridgehead atoms. The summed E-state index contributed by atoms with van der Waals surface area (Å²) in [6, 6.07) is 2.67. The van der Waals surface area contributed by atoms with Crippen molar-refractivity contribution < 1.29 is 18.4 Å². The highest BCUT2D eigenvalue weighted by Crippen LogP contribution is 2.43. The fourth-order valence-electron chi connectivity index (χ4n) is 1.44. The largest absolute Gasteiger partial charge is 0.433 e. The van der Waals surface area contributed by atoms with E-state index in [1.54, 1.807) is 6.92 Å². The molecular weight excluding hydrogens is 433 g/mol. The first-order valence-corrected chi connectivity index (χ1v) is 9.93. The summed E-state index contributed by atoms with van der Waals surface area (Å²) < 4.78 is 23.1. The normalized spacial score (nSPS) is 13.3. The van der Waals surface area contributed by atoms with Crippen LogP contribution in [0.5, 0.6) is 0 Å². The van der Waals surface area contributed by atoms with Crippen LogP contribution in [0.3, 0.4) is 0 Å². The third-order valence-electron chi connectivity index (χ3n) is 2.33. The van der Waals surface area contributed by atoms with E-state index in [1.165, 1.54) is 12.1 Å². The van der Waals surface area contributed by atoms with E-state index in [9.17, 15) is 14.7 Å². The van der Waals surface area contributed by atoms with Crippen molar-refractivity contribution in [3.05, 3.63) is 28.0 Å². The predicted molar refractivity (Wildman–Crippen MR) is 86.1 cm³/mol. The summed E-state index contributed by atoms with van der Waals surface area (Å²) in [6.45, 7) is 2.50. The van der Waals surface area contributed by atoms with Crippen LogP contribution in [0.2, 0.25) is 0 Å². The maximum Gasteiger partial charge on any atom is 0.433 e. The SMILES string of the molecule is CC(OP(=O)(NCCBr)NCCBr)c1ccc([N+](=O)[O-])o1. The summed E-state index contributed by atoms with van der Waals surface area (Å²) in [4.78, 5) is 9.95. The number of furan rings is 1. The van der Waals surface area contributed by atoms with Gasteiger partial charge >= 0.3 is 13.6 Å². The number of nitrogens with zero attached hydrogens (tertiary/aromatic N) is 1. The lowest BCUT2D eigenvalue weighted by Crippen LogP contribution is -2.27. The molecular formula is C10H16Br2N3O5P. The topological polar surface area (TPSA) is 107 Å². The van der Waals surface area contributed by atoms with Gasteiger partial charge in [-0.15, -0.1) is 0 Å².